The topological polar surface area (TPSA) is 50.9 Å². The number of aryl methyl sites for hydroxylation is 1. The fraction of sp³-hybridized carbons (Fsp3) is 0.714. The van der Waals surface area contributed by atoms with E-state index in [4.69, 9.17) is 5.11 Å². The Bertz CT molecular complexity index is 243. The Balaban J connectivity index is 2.38. The smallest absolute Gasteiger partial charge is 0.111 e. The summed E-state index contributed by atoms with van der Waals surface area (Å²) in [5.41, 5.74) is 1.88. The molecule has 4 heteroatoms. The Labute approximate surface area is 64.8 Å². The maximum absolute atomic E-state index is 8.87. The van der Waals surface area contributed by atoms with Gasteiger partial charge in [0.1, 0.15) is 5.69 Å². The van der Waals surface area contributed by atoms with E-state index in [1.165, 1.54) is 12.8 Å². The van der Waals surface area contributed by atoms with Crippen LogP contribution in [-0.4, -0.2) is 20.1 Å². The van der Waals surface area contributed by atoms with Gasteiger partial charge >= 0.3 is 0 Å². The number of aliphatic hydroxyl groups is 1. The molecule has 0 unspecified atom stereocenters. The Morgan fingerprint density at radius 2 is 2.36 bits per heavy atom. The van der Waals surface area contributed by atoms with Gasteiger partial charge in [-0.05, 0) is 19.3 Å². The summed E-state index contributed by atoms with van der Waals surface area (Å²) < 4.78 is 1.90. The molecule has 0 saturated heterocycles. The maximum atomic E-state index is 8.87. The van der Waals surface area contributed by atoms with Crippen LogP contribution in [0.5, 0.6) is 0 Å². The predicted octanol–water partition coefficient (Wildman–Crippen LogP) is 0.107. The number of hydrogen-bond acceptors (Lipinski definition) is 3. The number of aliphatic hydroxyl groups excluding tert-OH is 1. The van der Waals surface area contributed by atoms with Gasteiger partial charge in [-0.3, -0.25) is 0 Å². The second kappa shape index (κ2) is 2.62. The summed E-state index contributed by atoms with van der Waals surface area (Å²) in [6.07, 6.45) is 3.39. The van der Waals surface area contributed by atoms with Crippen molar-refractivity contribution in [2.45, 2.75) is 32.4 Å². The molecule has 0 aromatic carbocycles. The monoisotopic (exact) mass is 153 g/mol. The van der Waals surface area contributed by atoms with Gasteiger partial charge in [0.2, 0.25) is 0 Å². The van der Waals surface area contributed by atoms with Gasteiger partial charge < -0.3 is 5.11 Å². The molecular weight excluding hydrogens is 142 g/mol. The third kappa shape index (κ3) is 1.03. The van der Waals surface area contributed by atoms with Crippen molar-refractivity contribution in [3.05, 3.63) is 11.4 Å². The van der Waals surface area contributed by atoms with Crippen molar-refractivity contribution in [3.8, 4) is 0 Å². The molecule has 1 N–H and O–H groups in total. The van der Waals surface area contributed by atoms with Crippen LogP contribution in [0, 0.1) is 0 Å². The fourth-order valence-corrected chi connectivity index (χ4v) is 1.50. The van der Waals surface area contributed by atoms with Gasteiger partial charge in [0, 0.05) is 6.54 Å². The first-order chi connectivity index (χ1) is 5.42. The maximum Gasteiger partial charge on any atom is 0.111 e. The second-order valence-electron chi connectivity index (χ2n) is 2.82. The third-order valence-corrected chi connectivity index (χ3v) is 2.10. The Hall–Kier alpha value is -0.900. The Kier molecular flexibility index (Phi) is 1.62. The zero-order valence-corrected chi connectivity index (χ0v) is 6.32. The van der Waals surface area contributed by atoms with Crippen LogP contribution < -0.4 is 0 Å². The number of nitrogens with zero attached hydrogens (tertiary/aromatic N) is 3. The molecule has 2 heterocycles. The van der Waals surface area contributed by atoms with E-state index in [1.54, 1.807) is 0 Å². The Morgan fingerprint density at radius 3 is 3.18 bits per heavy atom. The molecule has 0 bridgehead atoms. The largest absolute Gasteiger partial charge is 0.390 e. The van der Waals surface area contributed by atoms with Crippen molar-refractivity contribution in [2.75, 3.05) is 0 Å². The molecular formula is C7H11N3O. The first kappa shape index (κ1) is 6.79. The lowest BCUT2D eigenvalue weighted by Gasteiger charge is -2.11. The summed E-state index contributed by atoms with van der Waals surface area (Å²) in [6, 6.07) is 0. The van der Waals surface area contributed by atoms with Gasteiger partial charge in [-0.25, -0.2) is 4.68 Å². The molecule has 1 aliphatic rings. The molecule has 1 aromatic heterocycles. The highest BCUT2D eigenvalue weighted by Crippen LogP contribution is 2.15. The molecule has 60 valence electrons. The van der Waals surface area contributed by atoms with Crippen LogP contribution in [0.15, 0.2) is 0 Å². The van der Waals surface area contributed by atoms with Crippen molar-refractivity contribution in [1.29, 1.82) is 0 Å². The van der Waals surface area contributed by atoms with Crippen LogP contribution in [0.3, 0.4) is 0 Å². The van der Waals surface area contributed by atoms with E-state index in [-0.39, 0.29) is 6.61 Å². The summed E-state index contributed by atoms with van der Waals surface area (Å²) in [5.74, 6) is 0. The summed E-state index contributed by atoms with van der Waals surface area (Å²) in [4.78, 5) is 0. The average molecular weight is 153 g/mol. The van der Waals surface area contributed by atoms with E-state index < -0.39 is 0 Å². The van der Waals surface area contributed by atoms with Crippen molar-refractivity contribution < 1.29 is 5.11 Å². The fourth-order valence-electron chi connectivity index (χ4n) is 1.50. The summed E-state index contributed by atoms with van der Waals surface area (Å²) in [5, 5.41) is 16.7. The predicted molar refractivity (Wildman–Crippen MR) is 38.9 cm³/mol. The zero-order valence-electron chi connectivity index (χ0n) is 6.32. The van der Waals surface area contributed by atoms with Crippen LogP contribution in [0.1, 0.15) is 24.2 Å². The molecule has 0 saturated carbocycles. The quantitative estimate of drug-likeness (QED) is 0.622. The third-order valence-electron chi connectivity index (χ3n) is 2.10. The van der Waals surface area contributed by atoms with Crippen LogP contribution in [-0.2, 0) is 19.6 Å². The van der Waals surface area contributed by atoms with Crippen molar-refractivity contribution in [1.82, 2.24) is 15.0 Å². The molecule has 0 spiro atoms. The molecule has 0 radical (unpaired) electrons. The Morgan fingerprint density at radius 1 is 1.45 bits per heavy atom. The molecule has 1 aliphatic heterocycles. The minimum absolute atomic E-state index is 0.0231. The molecule has 0 amide bonds. The van der Waals surface area contributed by atoms with Gasteiger partial charge in [-0.15, -0.1) is 5.10 Å². The van der Waals surface area contributed by atoms with Crippen molar-refractivity contribution in [2.24, 2.45) is 0 Å². The highest BCUT2D eigenvalue weighted by molar-refractivity contribution is 5.10. The van der Waals surface area contributed by atoms with Gasteiger partial charge in [0.15, 0.2) is 0 Å². The van der Waals surface area contributed by atoms with E-state index >= 15 is 0 Å². The first-order valence-corrected chi connectivity index (χ1v) is 3.94. The highest BCUT2D eigenvalue weighted by Gasteiger charge is 2.14. The van der Waals surface area contributed by atoms with Crippen LogP contribution in [0.2, 0.25) is 0 Å². The molecule has 1 aromatic rings. The molecule has 4 nitrogen and oxygen atoms in total. The summed E-state index contributed by atoms with van der Waals surface area (Å²) >= 11 is 0. The summed E-state index contributed by atoms with van der Waals surface area (Å²) in [7, 11) is 0. The number of fused-ring (bicyclic) bond motifs is 1. The SMILES string of the molecule is OCc1nnn2c1CCCC2. The van der Waals surface area contributed by atoms with Gasteiger partial charge in [-0.1, -0.05) is 5.21 Å². The van der Waals surface area contributed by atoms with Gasteiger partial charge in [0.25, 0.3) is 0 Å². The molecule has 11 heavy (non-hydrogen) atoms. The van der Waals surface area contributed by atoms with Crippen LogP contribution in [0.25, 0.3) is 0 Å². The van der Waals surface area contributed by atoms with E-state index in [9.17, 15) is 0 Å². The lowest BCUT2D eigenvalue weighted by atomic mass is 10.1. The lowest BCUT2D eigenvalue weighted by Crippen LogP contribution is -2.11. The van der Waals surface area contributed by atoms with E-state index in [2.05, 4.69) is 10.3 Å². The number of hydrogen-bond donors (Lipinski definition) is 1. The first-order valence-electron chi connectivity index (χ1n) is 3.94. The number of aromatic nitrogens is 3. The van der Waals surface area contributed by atoms with E-state index in [0.717, 1.165) is 24.4 Å². The molecule has 0 aliphatic carbocycles. The second-order valence-corrected chi connectivity index (χ2v) is 2.82. The standard InChI is InChI=1S/C7H11N3O/c11-5-6-7-3-1-2-4-10(7)9-8-6/h11H,1-5H2. The molecule has 2 rings (SSSR count). The summed E-state index contributed by atoms with van der Waals surface area (Å²) in [6.45, 7) is 0.984. The minimum atomic E-state index is 0.0231. The highest BCUT2D eigenvalue weighted by atomic mass is 16.3. The van der Waals surface area contributed by atoms with Crippen LogP contribution >= 0.6 is 0 Å². The van der Waals surface area contributed by atoms with Crippen molar-refractivity contribution in [3.63, 3.8) is 0 Å². The van der Waals surface area contributed by atoms with Gasteiger partial charge in [-0.2, -0.15) is 0 Å². The lowest BCUT2D eigenvalue weighted by molar-refractivity contribution is 0.275. The van der Waals surface area contributed by atoms with Crippen molar-refractivity contribution >= 4 is 0 Å². The average Bonchev–Trinajstić information content (AvgIpc) is 2.47. The zero-order chi connectivity index (χ0) is 7.68. The van der Waals surface area contributed by atoms with E-state index in [1.807, 2.05) is 4.68 Å². The van der Waals surface area contributed by atoms with Crippen LogP contribution in [0.4, 0.5) is 0 Å². The molecule has 0 atom stereocenters. The molecule has 0 fully saturated rings. The number of rotatable bonds is 1. The minimum Gasteiger partial charge on any atom is -0.390 e. The van der Waals surface area contributed by atoms with E-state index in [0.29, 0.717) is 0 Å². The van der Waals surface area contributed by atoms with Gasteiger partial charge in [0.05, 0.1) is 12.3 Å². The normalized spacial score (nSPS) is 16.5.